The lowest BCUT2D eigenvalue weighted by molar-refractivity contribution is -0.291. The van der Waals surface area contributed by atoms with E-state index in [1.165, 1.54) is 0 Å². The van der Waals surface area contributed by atoms with E-state index in [2.05, 4.69) is 4.98 Å². The van der Waals surface area contributed by atoms with Gasteiger partial charge in [0.15, 0.2) is 17.6 Å². The number of hydrogen-bond donors (Lipinski definition) is 7. The molecule has 4 aromatic rings. The first-order valence-corrected chi connectivity index (χ1v) is 16.1. The first-order chi connectivity index (χ1) is 24.5. The van der Waals surface area contributed by atoms with Gasteiger partial charge in [-0.3, -0.25) is 9.59 Å². The molecule has 272 valence electrons. The number of esters is 1. The number of benzene rings is 2. The van der Waals surface area contributed by atoms with Crippen LogP contribution in [0.5, 0.6) is 28.7 Å². The van der Waals surface area contributed by atoms with Gasteiger partial charge in [0, 0.05) is 47.7 Å². The van der Waals surface area contributed by atoms with E-state index >= 15 is 0 Å². The molecule has 8 atom stereocenters. The lowest BCUT2D eigenvalue weighted by Crippen LogP contribution is -2.66. The Morgan fingerprint density at radius 3 is 2.57 bits per heavy atom. The first kappa shape index (κ1) is 34.4. The Morgan fingerprint density at radius 2 is 1.86 bits per heavy atom. The van der Waals surface area contributed by atoms with Crippen LogP contribution in [0, 0.1) is 0 Å². The Hall–Kier alpha value is -5.04. The molecule has 0 bridgehead atoms. The molecule has 3 aliphatic rings. The standard InChI is InChI=1S/C34H38N4O13/c1-45-20-4-3-17-18-13-47-21-8-16(48-34-27(44)25(42)26(43)31(51-34)32(33(35)36)49-23(41)9-22(39)40)7-15(11-38-10-14-5-6-37-19(14)12-38)24(21)28(18)50-29(17)30(20)46-2/h3-8,10,12,18,25-28,31-34,37,42-44H,9,11,13,35-36H2,1-2H3,(H,39,40). The molecule has 0 spiro atoms. The van der Waals surface area contributed by atoms with E-state index in [9.17, 15) is 24.9 Å². The lowest BCUT2D eigenvalue weighted by Gasteiger charge is -2.43. The normalized spacial score (nSPS) is 25.6. The van der Waals surface area contributed by atoms with Crippen LogP contribution in [0.15, 0.2) is 48.9 Å². The molecule has 3 aliphatic heterocycles. The van der Waals surface area contributed by atoms with Gasteiger partial charge in [0.05, 0.1) is 38.4 Å². The summed E-state index contributed by atoms with van der Waals surface area (Å²) in [5.41, 5.74) is 15.0. The zero-order valence-corrected chi connectivity index (χ0v) is 27.5. The van der Waals surface area contributed by atoms with Gasteiger partial charge in [-0.1, -0.05) is 6.07 Å². The first-order valence-electron chi connectivity index (χ1n) is 16.1. The second-order valence-corrected chi connectivity index (χ2v) is 12.6. The number of methoxy groups -OCH3 is 2. The number of aliphatic hydroxyl groups is 3. The topological polar surface area (TPSA) is 252 Å². The van der Waals surface area contributed by atoms with Crippen LogP contribution in [0.25, 0.3) is 10.9 Å². The molecule has 51 heavy (non-hydrogen) atoms. The second kappa shape index (κ2) is 13.6. The number of aliphatic hydroxyl groups excluding tert-OH is 3. The van der Waals surface area contributed by atoms with Crippen LogP contribution in [-0.4, -0.2) is 106 Å². The van der Waals surface area contributed by atoms with E-state index in [1.54, 1.807) is 26.4 Å². The van der Waals surface area contributed by atoms with Crippen molar-refractivity contribution in [3.63, 3.8) is 0 Å². The summed E-state index contributed by atoms with van der Waals surface area (Å²) in [6.45, 7) is 0.597. The minimum atomic E-state index is -1.86. The molecule has 7 rings (SSSR count). The molecule has 1 saturated heterocycles. The number of rotatable bonds is 11. The van der Waals surface area contributed by atoms with Crippen molar-refractivity contribution < 1.29 is 63.2 Å². The van der Waals surface area contributed by atoms with Crippen LogP contribution in [-0.2, 0) is 25.6 Å². The molecular weight excluding hydrogens is 672 g/mol. The quantitative estimate of drug-likeness (QED) is 0.0634. The third-order valence-corrected chi connectivity index (χ3v) is 9.33. The average Bonchev–Trinajstić information content (AvgIpc) is 3.80. The van der Waals surface area contributed by atoms with Crippen LogP contribution in [0.2, 0.25) is 0 Å². The highest BCUT2D eigenvalue weighted by atomic mass is 16.7. The summed E-state index contributed by atoms with van der Waals surface area (Å²) in [6.07, 6.45) is -7.53. The van der Waals surface area contributed by atoms with Crippen LogP contribution in [0.4, 0.5) is 0 Å². The molecule has 0 saturated carbocycles. The van der Waals surface area contributed by atoms with Crippen molar-refractivity contribution in [2.45, 2.75) is 68.0 Å². The number of H-pyrrole nitrogens is 1. The van der Waals surface area contributed by atoms with Gasteiger partial charge < -0.3 is 74.6 Å². The molecular formula is C34H38N4O13. The fourth-order valence-electron chi connectivity index (χ4n) is 6.96. The minimum Gasteiger partial charge on any atom is -0.493 e. The summed E-state index contributed by atoms with van der Waals surface area (Å²) >= 11 is 0. The highest BCUT2D eigenvalue weighted by molar-refractivity contribution is 5.90. The molecule has 9 N–H and O–H groups in total. The number of nitrogens with zero attached hydrogens (tertiary/aromatic N) is 1. The molecule has 17 heteroatoms. The number of fused-ring (bicyclic) bond motifs is 6. The van der Waals surface area contributed by atoms with Gasteiger partial charge in [-0.25, -0.2) is 0 Å². The number of hydrogen-bond acceptors (Lipinski definition) is 14. The van der Waals surface area contributed by atoms with Gasteiger partial charge >= 0.3 is 11.9 Å². The second-order valence-electron chi connectivity index (χ2n) is 12.6. The van der Waals surface area contributed by atoms with E-state index in [4.69, 9.17) is 49.7 Å². The van der Waals surface area contributed by atoms with Crippen LogP contribution in [0.1, 0.15) is 35.1 Å². The van der Waals surface area contributed by atoms with Crippen molar-refractivity contribution in [1.82, 2.24) is 9.55 Å². The molecule has 8 unspecified atom stereocenters. The number of carboxylic acids is 1. The van der Waals surface area contributed by atoms with Gasteiger partial charge in [0.2, 0.25) is 12.0 Å². The fourth-order valence-corrected chi connectivity index (χ4v) is 6.96. The van der Waals surface area contributed by atoms with E-state index in [0.29, 0.717) is 29.5 Å². The van der Waals surface area contributed by atoms with Gasteiger partial charge in [0.25, 0.3) is 0 Å². The van der Waals surface area contributed by atoms with Crippen molar-refractivity contribution in [2.24, 2.45) is 11.5 Å². The van der Waals surface area contributed by atoms with Gasteiger partial charge in [-0.2, -0.15) is 0 Å². The molecule has 2 aromatic heterocycles. The Kier molecular flexibility index (Phi) is 9.17. The number of aliphatic carboxylic acids is 1. The zero-order chi connectivity index (χ0) is 36.1. The summed E-state index contributed by atoms with van der Waals surface area (Å²) in [6, 6.07) is 9.03. The summed E-state index contributed by atoms with van der Waals surface area (Å²) in [5, 5.41) is 42.5. The number of carbonyl (C=O) groups excluding carboxylic acids is 1. The number of aromatic amines is 1. The highest BCUT2D eigenvalue weighted by Gasteiger charge is 2.50. The van der Waals surface area contributed by atoms with Gasteiger partial charge in [0.1, 0.15) is 48.4 Å². The van der Waals surface area contributed by atoms with E-state index in [1.807, 2.05) is 41.4 Å². The molecule has 0 amide bonds. The van der Waals surface area contributed by atoms with E-state index in [0.717, 1.165) is 27.6 Å². The Labute approximate surface area is 290 Å². The molecule has 0 aliphatic carbocycles. The molecule has 5 heterocycles. The molecule has 2 aromatic carbocycles. The van der Waals surface area contributed by atoms with Crippen LogP contribution < -0.4 is 35.2 Å². The Bertz CT molecular complexity index is 1910. The average molecular weight is 711 g/mol. The number of ether oxygens (including phenoxy) is 7. The lowest BCUT2D eigenvalue weighted by atomic mass is 9.86. The van der Waals surface area contributed by atoms with Gasteiger partial charge in [-0.05, 0) is 23.8 Å². The predicted molar refractivity (Wildman–Crippen MR) is 175 cm³/mol. The molecule has 17 nitrogen and oxygen atoms in total. The summed E-state index contributed by atoms with van der Waals surface area (Å²) in [7, 11) is 3.09. The summed E-state index contributed by atoms with van der Waals surface area (Å²) in [5.74, 6) is -0.706. The minimum absolute atomic E-state index is 0.164. The number of aromatic nitrogens is 2. The number of carbonyl (C=O) groups is 2. The van der Waals surface area contributed by atoms with Crippen molar-refractivity contribution in [1.29, 1.82) is 0 Å². The SMILES string of the molecule is COc1ccc2c(c1OC)OC1c3c(Cn4cc5cc[nH]c5c4)cc(OC4OC(C(OC(=O)CC(=O)O)C(N)N)C(O)C(O)C4O)cc3OCC21. The summed E-state index contributed by atoms with van der Waals surface area (Å²) < 4.78 is 43.2. The predicted octanol–water partition coefficient (Wildman–Crippen LogP) is 0.461. The van der Waals surface area contributed by atoms with E-state index in [-0.39, 0.29) is 18.3 Å². The Balaban J connectivity index is 1.23. The van der Waals surface area contributed by atoms with Crippen molar-refractivity contribution in [3.8, 4) is 28.7 Å². The maximum atomic E-state index is 12.2. The van der Waals surface area contributed by atoms with Crippen molar-refractivity contribution in [2.75, 3.05) is 20.8 Å². The van der Waals surface area contributed by atoms with E-state index < -0.39 is 67.4 Å². The zero-order valence-electron chi connectivity index (χ0n) is 27.5. The van der Waals surface area contributed by atoms with Crippen molar-refractivity contribution in [3.05, 3.63) is 65.6 Å². The van der Waals surface area contributed by atoms with Crippen LogP contribution in [0.3, 0.4) is 0 Å². The Morgan fingerprint density at radius 1 is 1.06 bits per heavy atom. The molecule has 1 fully saturated rings. The maximum Gasteiger partial charge on any atom is 0.317 e. The third-order valence-electron chi connectivity index (χ3n) is 9.33. The number of nitrogens with one attached hydrogen (secondary N) is 1. The third kappa shape index (κ3) is 6.28. The highest BCUT2D eigenvalue weighted by Crippen LogP contribution is 2.57. The maximum absolute atomic E-state index is 12.2. The number of nitrogens with two attached hydrogens (primary N) is 2. The van der Waals surface area contributed by atoms with Crippen molar-refractivity contribution >= 4 is 22.8 Å². The summed E-state index contributed by atoms with van der Waals surface area (Å²) in [4.78, 5) is 26.4. The molecule has 0 radical (unpaired) electrons. The van der Waals surface area contributed by atoms with Crippen LogP contribution >= 0.6 is 0 Å². The largest absolute Gasteiger partial charge is 0.493 e. The fraction of sp³-hybridized carbons (Fsp3) is 0.412. The smallest absolute Gasteiger partial charge is 0.317 e. The van der Waals surface area contributed by atoms with Gasteiger partial charge in [-0.15, -0.1) is 0 Å². The number of carboxylic acid groups (broad SMARTS) is 1. The monoisotopic (exact) mass is 710 g/mol.